The lowest BCUT2D eigenvalue weighted by Crippen LogP contribution is -2.07. The molecule has 0 unspecified atom stereocenters. The van der Waals surface area contributed by atoms with Gasteiger partial charge in [0.05, 0.1) is 16.6 Å². The number of alkyl halides is 3. The van der Waals surface area contributed by atoms with Crippen LogP contribution in [0.3, 0.4) is 0 Å². The van der Waals surface area contributed by atoms with E-state index in [1.807, 2.05) is 11.5 Å². The average molecular weight is 284 g/mol. The highest BCUT2D eigenvalue weighted by molar-refractivity contribution is 5.77. The Hall–Kier alpha value is -1.56. The van der Waals surface area contributed by atoms with Crippen molar-refractivity contribution in [1.29, 1.82) is 0 Å². The summed E-state index contributed by atoms with van der Waals surface area (Å²) >= 11 is 0. The van der Waals surface area contributed by atoms with Gasteiger partial charge in [-0.2, -0.15) is 13.2 Å². The summed E-state index contributed by atoms with van der Waals surface area (Å²) < 4.78 is 45.8. The molecule has 0 N–H and O–H groups in total. The lowest BCUT2D eigenvalue weighted by atomic mass is 10.2. The van der Waals surface area contributed by atoms with Crippen LogP contribution in [-0.2, 0) is 17.5 Å². The van der Waals surface area contributed by atoms with E-state index in [0.717, 1.165) is 36.3 Å². The third kappa shape index (κ3) is 2.18. The first-order chi connectivity index (χ1) is 9.50. The molecule has 2 aromatic rings. The van der Waals surface area contributed by atoms with Crippen LogP contribution >= 0.6 is 0 Å². The van der Waals surface area contributed by atoms with E-state index in [-0.39, 0.29) is 6.10 Å². The largest absolute Gasteiger partial charge is 0.416 e. The Morgan fingerprint density at radius 1 is 1.40 bits per heavy atom. The van der Waals surface area contributed by atoms with Crippen LogP contribution in [0, 0.1) is 0 Å². The minimum Gasteiger partial charge on any atom is -0.370 e. The second-order valence-corrected chi connectivity index (χ2v) is 4.92. The van der Waals surface area contributed by atoms with Crippen LogP contribution in [-0.4, -0.2) is 16.2 Å². The summed E-state index contributed by atoms with van der Waals surface area (Å²) in [4.78, 5) is 4.38. The number of aromatic nitrogens is 2. The molecule has 0 spiro atoms. The number of imidazole rings is 1. The monoisotopic (exact) mass is 284 g/mol. The van der Waals surface area contributed by atoms with Crippen LogP contribution in [0.15, 0.2) is 18.2 Å². The zero-order valence-corrected chi connectivity index (χ0v) is 11.1. The maximum atomic E-state index is 12.7. The summed E-state index contributed by atoms with van der Waals surface area (Å²) in [7, 11) is 0. The van der Waals surface area contributed by atoms with Crippen LogP contribution in [0.1, 0.15) is 37.3 Å². The van der Waals surface area contributed by atoms with E-state index in [4.69, 9.17) is 4.74 Å². The average Bonchev–Trinajstić information content (AvgIpc) is 3.03. The zero-order chi connectivity index (χ0) is 14.3. The molecule has 3 rings (SSSR count). The molecule has 0 aliphatic carbocycles. The fraction of sp³-hybridized carbons (Fsp3) is 0.500. The van der Waals surface area contributed by atoms with E-state index >= 15 is 0 Å². The molecule has 1 fully saturated rings. The SMILES string of the molecule is CCn1c([C@@H]2CCCO2)nc2cc(C(F)(F)F)ccc21. The molecule has 1 atom stereocenters. The number of aryl methyl sites for hydroxylation is 1. The van der Waals surface area contributed by atoms with E-state index in [1.54, 1.807) is 0 Å². The van der Waals surface area contributed by atoms with Crippen LogP contribution in [0.5, 0.6) is 0 Å². The second-order valence-electron chi connectivity index (χ2n) is 4.92. The Balaban J connectivity index is 2.12. The number of benzene rings is 1. The van der Waals surface area contributed by atoms with Gasteiger partial charge >= 0.3 is 6.18 Å². The molecule has 108 valence electrons. The zero-order valence-electron chi connectivity index (χ0n) is 11.1. The number of rotatable bonds is 2. The first-order valence-electron chi connectivity index (χ1n) is 6.69. The molecule has 0 bridgehead atoms. The number of hydrogen-bond acceptors (Lipinski definition) is 2. The molecule has 6 heteroatoms. The van der Waals surface area contributed by atoms with Gasteiger partial charge in [0.1, 0.15) is 11.9 Å². The number of ether oxygens (including phenoxy) is 1. The Kier molecular flexibility index (Phi) is 3.20. The van der Waals surface area contributed by atoms with Gasteiger partial charge in [0.15, 0.2) is 0 Å². The molecular weight excluding hydrogens is 269 g/mol. The molecule has 3 nitrogen and oxygen atoms in total. The van der Waals surface area contributed by atoms with Gasteiger partial charge in [0.2, 0.25) is 0 Å². The molecule has 0 saturated carbocycles. The lowest BCUT2D eigenvalue weighted by molar-refractivity contribution is -0.137. The van der Waals surface area contributed by atoms with Crippen molar-refractivity contribution in [2.45, 2.75) is 38.6 Å². The molecule has 1 aliphatic rings. The van der Waals surface area contributed by atoms with Gasteiger partial charge in [-0.05, 0) is 38.0 Å². The topological polar surface area (TPSA) is 27.1 Å². The number of nitrogens with zero attached hydrogens (tertiary/aromatic N) is 2. The highest BCUT2D eigenvalue weighted by Gasteiger charge is 2.31. The molecule has 2 heterocycles. The predicted octanol–water partition coefficient (Wildman–Crippen LogP) is 3.93. The lowest BCUT2D eigenvalue weighted by Gasteiger charge is -2.11. The summed E-state index contributed by atoms with van der Waals surface area (Å²) in [6.07, 6.45) is -2.61. The summed E-state index contributed by atoms with van der Waals surface area (Å²) in [5.41, 5.74) is 0.447. The first kappa shape index (κ1) is 13.4. The highest BCUT2D eigenvalue weighted by atomic mass is 19.4. The van der Waals surface area contributed by atoms with Gasteiger partial charge in [-0.25, -0.2) is 4.98 Å². The van der Waals surface area contributed by atoms with E-state index in [1.165, 1.54) is 6.07 Å². The minimum absolute atomic E-state index is 0.100. The summed E-state index contributed by atoms with van der Waals surface area (Å²) in [6.45, 7) is 3.31. The van der Waals surface area contributed by atoms with Crippen molar-refractivity contribution in [1.82, 2.24) is 9.55 Å². The standard InChI is InChI=1S/C14H15F3N2O/c1-2-19-11-6-5-9(14(15,16)17)8-10(11)18-13(19)12-4-3-7-20-12/h5-6,8,12H,2-4,7H2,1H3/t12-/m0/s1. The van der Waals surface area contributed by atoms with Gasteiger partial charge in [0.25, 0.3) is 0 Å². The molecular formula is C14H15F3N2O. The van der Waals surface area contributed by atoms with Crippen molar-refractivity contribution in [2.75, 3.05) is 6.61 Å². The normalized spacial score (nSPS) is 19.9. The van der Waals surface area contributed by atoms with Gasteiger partial charge in [-0.15, -0.1) is 0 Å². The van der Waals surface area contributed by atoms with Gasteiger partial charge in [-0.1, -0.05) is 0 Å². The number of fused-ring (bicyclic) bond motifs is 1. The molecule has 1 aromatic heterocycles. The van der Waals surface area contributed by atoms with E-state index in [9.17, 15) is 13.2 Å². The Labute approximate surface area is 114 Å². The highest BCUT2D eigenvalue weighted by Crippen LogP contribution is 2.34. The van der Waals surface area contributed by atoms with Crippen LogP contribution in [0.4, 0.5) is 13.2 Å². The van der Waals surface area contributed by atoms with Crippen molar-refractivity contribution in [2.24, 2.45) is 0 Å². The maximum absolute atomic E-state index is 12.7. The first-order valence-corrected chi connectivity index (χ1v) is 6.69. The predicted molar refractivity (Wildman–Crippen MR) is 68.3 cm³/mol. The molecule has 0 radical (unpaired) electrons. The van der Waals surface area contributed by atoms with Gasteiger partial charge < -0.3 is 9.30 Å². The Bertz CT molecular complexity index is 627. The number of halogens is 3. The summed E-state index contributed by atoms with van der Waals surface area (Å²) in [5.74, 6) is 0.735. The Morgan fingerprint density at radius 2 is 2.20 bits per heavy atom. The Morgan fingerprint density at radius 3 is 2.80 bits per heavy atom. The third-order valence-corrected chi connectivity index (χ3v) is 3.64. The smallest absolute Gasteiger partial charge is 0.370 e. The maximum Gasteiger partial charge on any atom is 0.416 e. The fourth-order valence-corrected chi connectivity index (χ4v) is 2.68. The second kappa shape index (κ2) is 4.77. The molecule has 1 aliphatic heterocycles. The van der Waals surface area contributed by atoms with Gasteiger partial charge in [-0.3, -0.25) is 0 Å². The summed E-state index contributed by atoms with van der Waals surface area (Å²) in [6, 6.07) is 3.71. The van der Waals surface area contributed by atoms with Crippen LogP contribution in [0.25, 0.3) is 11.0 Å². The molecule has 20 heavy (non-hydrogen) atoms. The van der Waals surface area contributed by atoms with E-state index in [0.29, 0.717) is 18.7 Å². The van der Waals surface area contributed by atoms with Crippen LogP contribution < -0.4 is 0 Å². The number of hydrogen-bond donors (Lipinski definition) is 0. The van der Waals surface area contributed by atoms with Gasteiger partial charge in [0, 0.05) is 13.2 Å². The summed E-state index contributed by atoms with van der Waals surface area (Å²) in [5, 5.41) is 0. The van der Waals surface area contributed by atoms with Crippen LogP contribution in [0.2, 0.25) is 0 Å². The quantitative estimate of drug-likeness (QED) is 0.835. The van der Waals surface area contributed by atoms with Crippen molar-refractivity contribution in [3.63, 3.8) is 0 Å². The third-order valence-electron chi connectivity index (χ3n) is 3.64. The molecule has 1 aromatic carbocycles. The van der Waals surface area contributed by atoms with Crippen molar-refractivity contribution < 1.29 is 17.9 Å². The van der Waals surface area contributed by atoms with E-state index in [2.05, 4.69) is 4.98 Å². The van der Waals surface area contributed by atoms with Crippen molar-refractivity contribution in [3.05, 3.63) is 29.6 Å². The minimum atomic E-state index is -4.34. The van der Waals surface area contributed by atoms with Crippen molar-refractivity contribution in [3.8, 4) is 0 Å². The fourth-order valence-electron chi connectivity index (χ4n) is 2.68. The van der Waals surface area contributed by atoms with E-state index < -0.39 is 11.7 Å². The molecule has 0 amide bonds. The molecule has 1 saturated heterocycles. The van der Waals surface area contributed by atoms with Crippen molar-refractivity contribution >= 4 is 11.0 Å².